The third-order valence-corrected chi connectivity index (χ3v) is 3.59. The van der Waals surface area contributed by atoms with E-state index in [9.17, 15) is 0 Å². The van der Waals surface area contributed by atoms with Crippen LogP contribution in [0.1, 0.15) is 11.1 Å². The van der Waals surface area contributed by atoms with Crippen LogP contribution in [0, 0.1) is 0 Å². The molecule has 0 spiro atoms. The van der Waals surface area contributed by atoms with E-state index in [-0.39, 0.29) is 0 Å². The zero-order chi connectivity index (χ0) is 15.1. The molecule has 2 rings (SSSR count). The summed E-state index contributed by atoms with van der Waals surface area (Å²) in [6.45, 7) is 1.94. The van der Waals surface area contributed by atoms with Gasteiger partial charge in [-0.05, 0) is 35.9 Å². The predicted molar refractivity (Wildman–Crippen MR) is 85.2 cm³/mol. The van der Waals surface area contributed by atoms with Gasteiger partial charge in [0, 0.05) is 17.0 Å². The second-order valence-corrected chi connectivity index (χ2v) is 5.29. The lowest BCUT2D eigenvalue weighted by Gasteiger charge is -2.09. The van der Waals surface area contributed by atoms with Crippen molar-refractivity contribution in [3.8, 4) is 11.5 Å². The highest BCUT2D eigenvalue weighted by molar-refractivity contribution is 6.30. The van der Waals surface area contributed by atoms with Crippen LogP contribution < -0.4 is 14.8 Å². The molecule has 112 valence electrons. The molecule has 0 unspecified atom stereocenters. The molecule has 0 fully saturated rings. The maximum Gasteiger partial charge on any atom is 0.161 e. The number of methoxy groups -OCH3 is 2. The molecule has 2 aromatic rings. The first-order chi connectivity index (χ1) is 10.2. The second-order valence-electron chi connectivity index (χ2n) is 4.85. The maximum atomic E-state index is 5.98. The fourth-order valence-electron chi connectivity index (χ4n) is 2.24. The largest absolute Gasteiger partial charge is 0.493 e. The SMILES string of the molecule is COc1ccc(C[NH2+]CCc2cccc(Cl)c2)cc1OC. The van der Waals surface area contributed by atoms with Gasteiger partial charge in [0.1, 0.15) is 6.54 Å². The molecule has 0 saturated carbocycles. The summed E-state index contributed by atoms with van der Waals surface area (Å²) in [6.07, 6.45) is 1.01. The fourth-order valence-corrected chi connectivity index (χ4v) is 2.45. The Bertz CT molecular complexity index is 587. The number of rotatable bonds is 7. The number of quaternary nitrogens is 1. The van der Waals surface area contributed by atoms with Crippen LogP contribution in [0.5, 0.6) is 11.5 Å². The van der Waals surface area contributed by atoms with Gasteiger partial charge in [0.25, 0.3) is 0 Å². The molecule has 0 aliphatic carbocycles. The van der Waals surface area contributed by atoms with Crippen molar-refractivity contribution in [2.75, 3.05) is 20.8 Å². The van der Waals surface area contributed by atoms with Crippen LogP contribution in [0.15, 0.2) is 42.5 Å². The van der Waals surface area contributed by atoms with Crippen LogP contribution in [-0.2, 0) is 13.0 Å². The number of benzene rings is 2. The molecular formula is C17H21ClNO2+. The Hall–Kier alpha value is -1.71. The number of ether oxygens (including phenoxy) is 2. The highest BCUT2D eigenvalue weighted by atomic mass is 35.5. The Labute approximate surface area is 130 Å². The topological polar surface area (TPSA) is 35.1 Å². The minimum absolute atomic E-state index is 0.764. The predicted octanol–water partition coefficient (Wildman–Crippen LogP) is 2.66. The Balaban J connectivity index is 1.83. The molecule has 0 radical (unpaired) electrons. The molecule has 3 nitrogen and oxygen atoms in total. The summed E-state index contributed by atoms with van der Waals surface area (Å²) < 4.78 is 10.6. The van der Waals surface area contributed by atoms with E-state index >= 15 is 0 Å². The van der Waals surface area contributed by atoms with Crippen LogP contribution in [0.25, 0.3) is 0 Å². The highest BCUT2D eigenvalue weighted by Crippen LogP contribution is 2.27. The Morgan fingerprint density at radius 1 is 0.952 bits per heavy atom. The third kappa shape index (κ3) is 4.66. The molecule has 0 heterocycles. The van der Waals surface area contributed by atoms with Crippen molar-refractivity contribution in [3.05, 3.63) is 58.6 Å². The van der Waals surface area contributed by atoms with E-state index in [4.69, 9.17) is 21.1 Å². The zero-order valence-electron chi connectivity index (χ0n) is 12.4. The molecule has 0 atom stereocenters. The molecule has 4 heteroatoms. The lowest BCUT2D eigenvalue weighted by Crippen LogP contribution is -2.83. The number of hydrogen-bond acceptors (Lipinski definition) is 2. The quantitative estimate of drug-likeness (QED) is 0.798. The Morgan fingerprint density at radius 2 is 1.76 bits per heavy atom. The minimum Gasteiger partial charge on any atom is -0.493 e. The molecule has 0 aliphatic heterocycles. The average Bonchev–Trinajstić information content (AvgIpc) is 2.51. The van der Waals surface area contributed by atoms with Gasteiger partial charge in [-0.2, -0.15) is 0 Å². The van der Waals surface area contributed by atoms with Gasteiger partial charge in [-0.1, -0.05) is 23.7 Å². The number of halogens is 1. The van der Waals surface area contributed by atoms with Crippen molar-refractivity contribution in [3.63, 3.8) is 0 Å². The van der Waals surface area contributed by atoms with E-state index < -0.39 is 0 Å². The van der Waals surface area contributed by atoms with Gasteiger partial charge < -0.3 is 14.8 Å². The van der Waals surface area contributed by atoms with Crippen molar-refractivity contribution in [2.24, 2.45) is 0 Å². The van der Waals surface area contributed by atoms with E-state index in [1.165, 1.54) is 11.1 Å². The first kappa shape index (κ1) is 15.7. The highest BCUT2D eigenvalue weighted by Gasteiger charge is 2.05. The van der Waals surface area contributed by atoms with Crippen LogP contribution in [0.2, 0.25) is 5.02 Å². The standard InChI is InChI=1S/C17H20ClNO2/c1-20-16-7-6-14(11-17(16)21-2)12-19-9-8-13-4-3-5-15(18)10-13/h3-7,10-11,19H,8-9,12H2,1-2H3/p+1. The molecule has 0 saturated heterocycles. The van der Waals surface area contributed by atoms with Gasteiger partial charge in [0.2, 0.25) is 0 Å². The fraction of sp³-hybridized carbons (Fsp3) is 0.294. The molecule has 0 amide bonds. The number of nitrogens with two attached hydrogens (primary N) is 1. The van der Waals surface area contributed by atoms with E-state index in [0.717, 1.165) is 36.0 Å². The third-order valence-electron chi connectivity index (χ3n) is 3.35. The van der Waals surface area contributed by atoms with Crippen LogP contribution in [0.3, 0.4) is 0 Å². The first-order valence-corrected chi connectivity index (χ1v) is 7.37. The Morgan fingerprint density at radius 3 is 2.48 bits per heavy atom. The average molecular weight is 307 g/mol. The molecule has 2 aromatic carbocycles. The summed E-state index contributed by atoms with van der Waals surface area (Å²) in [5.74, 6) is 1.54. The lowest BCUT2D eigenvalue weighted by atomic mass is 10.1. The van der Waals surface area contributed by atoms with Crippen LogP contribution in [-0.4, -0.2) is 20.8 Å². The molecule has 0 bridgehead atoms. The maximum absolute atomic E-state index is 5.98. The normalized spacial score (nSPS) is 10.4. The molecule has 0 aromatic heterocycles. The summed E-state index contributed by atoms with van der Waals surface area (Å²) in [7, 11) is 3.30. The number of hydrogen-bond donors (Lipinski definition) is 1. The van der Waals surface area contributed by atoms with Crippen LogP contribution >= 0.6 is 11.6 Å². The van der Waals surface area contributed by atoms with Gasteiger partial charge in [0.05, 0.1) is 20.8 Å². The van der Waals surface area contributed by atoms with Gasteiger partial charge in [-0.15, -0.1) is 0 Å². The molecule has 2 N–H and O–H groups in total. The smallest absolute Gasteiger partial charge is 0.161 e. The van der Waals surface area contributed by atoms with Gasteiger partial charge in [-0.3, -0.25) is 0 Å². The van der Waals surface area contributed by atoms with Crippen LogP contribution in [0.4, 0.5) is 0 Å². The van der Waals surface area contributed by atoms with Crippen molar-refractivity contribution < 1.29 is 14.8 Å². The second kappa shape index (κ2) is 7.91. The minimum atomic E-state index is 0.764. The van der Waals surface area contributed by atoms with Crippen molar-refractivity contribution in [1.29, 1.82) is 0 Å². The summed E-state index contributed by atoms with van der Waals surface area (Å²) in [4.78, 5) is 0. The van der Waals surface area contributed by atoms with Crippen molar-refractivity contribution >= 4 is 11.6 Å². The van der Waals surface area contributed by atoms with E-state index in [0.29, 0.717) is 0 Å². The first-order valence-electron chi connectivity index (χ1n) is 7.00. The molecular weight excluding hydrogens is 286 g/mol. The lowest BCUT2D eigenvalue weighted by molar-refractivity contribution is -0.670. The van der Waals surface area contributed by atoms with Gasteiger partial charge in [-0.25, -0.2) is 0 Å². The monoisotopic (exact) mass is 306 g/mol. The summed E-state index contributed by atoms with van der Waals surface area (Å²) in [5, 5.41) is 3.08. The summed E-state index contributed by atoms with van der Waals surface area (Å²) >= 11 is 5.98. The summed E-state index contributed by atoms with van der Waals surface area (Å²) in [6, 6.07) is 14.1. The van der Waals surface area contributed by atoms with Crippen molar-refractivity contribution in [2.45, 2.75) is 13.0 Å². The van der Waals surface area contributed by atoms with Gasteiger partial charge >= 0.3 is 0 Å². The summed E-state index contributed by atoms with van der Waals surface area (Å²) in [5.41, 5.74) is 2.49. The van der Waals surface area contributed by atoms with Crippen molar-refractivity contribution in [1.82, 2.24) is 0 Å². The van der Waals surface area contributed by atoms with E-state index in [1.54, 1.807) is 14.2 Å². The molecule has 0 aliphatic rings. The van der Waals surface area contributed by atoms with Gasteiger partial charge in [0.15, 0.2) is 11.5 Å². The zero-order valence-corrected chi connectivity index (χ0v) is 13.2. The molecule has 21 heavy (non-hydrogen) atoms. The van der Waals surface area contributed by atoms with E-state index in [1.807, 2.05) is 30.3 Å². The Kier molecular flexibility index (Phi) is 5.90. The van der Waals surface area contributed by atoms with E-state index in [2.05, 4.69) is 17.4 Å².